The molecule has 0 aliphatic heterocycles. The summed E-state index contributed by atoms with van der Waals surface area (Å²) in [6.45, 7) is 0. The third-order valence-corrected chi connectivity index (χ3v) is 1.13. The van der Waals surface area contributed by atoms with E-state index in [1.807, 2.05) is 0 Å². The number of benzene rings is 1. The van der Waals surface area contributed by atoms with E-state index in [0.717, 1.165) is 0 Å². The SMILES string of the molecule is O=C(O)c1ccccc1O.[La]. The van der Waals surface area contributed by atoms with Gasteiger partial charge in [0.1, 0.15) is 11.3 Å². The predicted molar refractivity (Wildman–Crippen MR) is 35.1 cm³/mol. The molecule has 0 bridgehead atoms. The minimum absolute atomic E-state index is 0. The molecule has 0 aromatic heterocycles. The van der Waals surface area contributed by atoms with Gasteiger partial charge in [-0.3, -0.25) is 0 Å². The molecule has 1 aromatic rings. The van der Waals surface area contributed by atoms with E-state index in [1.54, 1.807) is 12.1 Å². The number of carboxylic acids is 1. The molecule has 1 radical (unpaired) electrons. The second kappa shape index (κ2) is 4.54. The molecule has 4 heteroatoms. The monoisotopic (exact) mass is 277 g/mol. The van der Waals surface area contributed by atoms with E-state index in [9.17, 15) is 4.79 Å². The topological polar surface area (TPSA) is 57.5 Å². The summed E-state index contributed by atoms with van der Waals surface area (Å²) < 4.78 is 0. The zero-order valence-corrected chi connectivity index (χ0v) is 9.32. The zero-order valence-electron chi connectivity index (χ0n) is 5.69. The molecule has 0 unspecified atom stereocenters. The van der Waals surface area contributed by atoms with Gasteiger partial charge in [0, 0.05) is 35.6 Å². The molecule has 0 atom stereocenters. The third kappa shape index (κ3) is 2.65. The van der Waals surface area contributed by atoms with Gasteiger partial charge in [0.2, 0.25) is 0 Å². The summed E-state index contributed by atoms with van der Waals surface area (Å²) in [7, 11) is 0. The smallest absolute Gasteiger partial charge is 0.339 e. The molecular weight excluding hydrogens is 271 g/mol. The minimum Gasteiger partial charge on any atom is -0.507 e. The van der Waals surface area contributed by atoms with Crippen LogP contribution in [0, 0.1) is 35.6 Å². The summed E-state index contributed by atoms with van der Waals surface area (Å²) in [4.78, 5) is 10.3. The fourth-order valence-electron chi connectivity index (χ4n) is 0.654. The van der Waals surface area contributed by atoms with Crippen molar-refractivity contribution in [3.63, 3.8) is 0 Å². The molecule has 0 spiro atoms. The number of rotatable bonds is 1. The first-order chi connectivity index (χ1) is 4.72. The van der Waals surface area contributed by atoms with Crippen LogP contribution < -0.4 is 0 Å². The van der Waals surface area contributed by atoms with Crippen molar-refractivity contribution in [3.05, 3.63) is 29.8 Å². The fraction of sp³-hybridized carbons (Fsp3) is 0. The van der Waals surface area contributed by atoms with Crippen LogP contribution in [0.2, 0.25) is 0 Å². The van der Waals surface area contributed by atoms with E-state index in [-0.39, 0.29) is 46.9 Å². The predicted octanol–water partition coefficient (Wildman–Crippen LogP) is 1.09. The molecule has 0 amide bonds. The van der Waals surface area contributed by atoms with Gasteiger partial charge in [0.05, 0.1) is 0 Å². The van der Waals surface area contributed by atoms with Crippen LogP contribution in [0.25, 0.3) is 0 Å². The normalized spacial score (nSPS) is 8.36. The Morgan fingerprint density at radius 1 is 1.27 bits per heavy atom. The standard InChI is InChI=1S/C7H6O3.La/c8-6-4-2-1-3-5(6)7(9)10;/h1-4,8H,(H,9,10);. The first kappa shape index (κ1) is 10.7. The van der Waals surface area contributed by atoms with Crippen molar-refractivity contribution in [3.8, 4) is 5.75 Å². The van der Waals surface area contributed by atoms with Crippen LogP contribution in [0.4, 0.5) is 0 Å². The fourth-order valence-corrected chi connectivity index (χ4v) is 0.654. The van der Waals surface area contributed by atoms with E-state index in [2.05, 4.69) is 0 Å². The summed E-state index contributed by atoms with van der Waals surface area (Å²) in [5, 5.41) is 17.3. The van der Waals surface area contributed by atoms with E-state index in [4.69, 9.17) is 10.2 Å². The first-order valence-electron chi connectivity index (χ1n) is 2.73. The van der Waals surface area contributed by atoms with Crippen molar-refractivity contribution >= 4 is 5.97 Å². The molecule has 0 saturated carbocycles. The Morgan fingerprint density at radius 2 is 1.82 bits per heavy atom. The van der Waals surface area contributed by atoms with Crippen molar-refractivity contribution in [2.45, 2.75) is 0 Å². The number of para-hydroxylation sites is 1. The summed E-state index contributed by atoms with van der Waals surface area (Å²) in [5.74, 6) is -1.31. The van der Waals surface area contributed by atoms with Crippen LogP contribution in [0.1, 0.15) is 10.4 Å². The molecule has 1 aromatic carbocycles. The summed E-state index contributed by atoms with van der Waals surface area (Å²) in [5.41, 5.74) is -0.0671. The maximum atomic E-state index is 10.3. The Kier molecular flexibility index (Phi) is 4.41. The number of hydrogen-bond acceptors (Lipinski definition) is 2. The maximum Gasteiger partial charge on any atom is 0.339 e. The van der Waals surface area contributed by atoms with Crippen molar-refractivity contribution < 1.29 is 50.6 Å². The Hall–Kier alpha value is -0.315. The number of carboxylic acid groups (broad SMARTS) is 1. The summed E-state index contributed by atoms with van der Waals surface area (Å²) >= 11 is 0. The van der Waals surface area contributed by atoms with E-state index in [1.165, 1.54) is 12.1 Å². The van der Waals surface area contributed by atoms with Gasteiger partial charge in [0.25, 0.3) is 0 Å². The number of aromatic carboxylic acids is 1. The molecular formula is C7H6LaO3. The maximum absolute atomic E-state index is 10.3. The quantitative estimate of drug-likeness (QED) is 0.808. The summed E-state index contributed by atoms with van der Waals surface area (Å²) in [6, 6.07) is 5.81. The Labute approximate surface area is 91.7 Å². The summed E-state index contributed by atoms with van der Waals surface area (Å²) in [6.07, 6.45) is 0. The van der Waals surface area contributed by atoms with Crippen molar-refractivity contribution in [2.75, 3.05) is 0 Å². The second-order valence-electron chi connectivity index (χ2n) is 1.82. The molecule has 0 aliphatic rings. The molecule has 0 fully saturated rings. The molecule has 3 nitrogen and oxygen atoms in total. The van der Waals surface area contributed by atoms with E-state index >= 15 is 0 Å². The van der Waals surface area contributed by atoms with Crippen molar-refractivity contribution in [1.82, 2.24) is 0 Å². The van der Waals surface area contributed by atoms with Crippen molar-refractivity contribution in [1.29, 1.82) is 0 Å². The zero-order chi connectivity index (χ0) is 7.56. The average Bonchev–Trinajstić information content (AvgIpc) is 1.88. The van der Waals surface area contributed by atoms with Gasteiger partial charge in [-0.25, -0.2) is 4.79 Å². The van der Waals surface area contributed by atoms with Gasteiger partial charge in [-0.1, -0.05) is 12.1 Å². The third-order valence-electron chi connectivity index (χ3n) is 1.13. The Morgan fingerprint density at radius 3 is 2.18 bits per heavy atom. The van der Waals surface area contributed by atoms with E-state index in [0.29, 0.717) is 0 Å². The molecule has 0 saturated heterocycles. The van der Waals surface area contributed by atoms with Crippen molar-refractivity contribution in [2.24, 2.45) is 0 Å². The molecule has 2 N–H and O–H groups in total. The van der Waals surface area contributed by atoms with Gasteiger partial charge in [-0.2, -0.15) is 0 Å². The number of hydrogen-bond donors (Lipinski definition) is 2. The first-order valence-corrected chi connectivity index (χ1v) is 2.73. The molecule has 1 rings (SSSR count). The number of aromatic hydroxyl groups is 1. The Bertz CT molecular complexity index is 260. The molecule has 0 heterocycles. The molecule has 11 heavy (non-hydrogen) atoms. The van der Waals surface area contributed by atoms with Crippen LogP contribution in [0.5, 0.6) is 5.75 Å². The van der Waals surface area contributed by atoms with Crippen LogP contribution in [-0.4, -0.2) is 16.2 Å². The van der Waals surface area contributed by atoms with Crippen LogP contribution in [-0.2, 0) is 0 Å². The minimum atomic E-state index is -1.11. The molecule has 55 valence electrons. The Balaban J connectivity index is 0.000001000. The number of carbonyl (C=O) groups is 1. The number of phenols is 1. The van der Waals surface area contributed by atoms with Crippen LogP contribution in [0.15, 0.2) is 24.3 Å². The second-order valence-corrected chi connectivity index (χ2v) is 1.82. The van der Waals surface area contributed by atoms with Gasteiger partial charge >= 0.3 is 5.97 Å². The van der Waals surface area contributed by atoms with E-state index < -0.39 is 5.97 Å². The van der Waals surface area contributed by atoms with Gasteiger partial charge in [-0.15, -0.1) is 0 Å². The van der Waals surface area contributed by atoms with Gasteiger partial charge in [0.15, 0.2) is 0 Å². The van der Waals surface area contributed by atoms with Crippen LogP contribution in [0.3, 0.4) is 0 Å². The molecule has 0 aliphatic carbocycles. The largest absolute Gasteiger partial charge is 0.507 e. The van der Waals surface area contributed by atoms with Gasteiger partial charge < -0.3 is 10.2 Å². The van der Waals surface area contributed by atoms with Crippen LogP contribution >= 0.6 is 0 Å². The average molecular weight is 277 g/mol. The van der Waals surface area contributed by atoms with Gasteiger partial charge in [-0.05, 0) is 12.1 Å².